The summed E-state index contributed by atoms with van der Waals surface area (Å²) in [4.78, 5) is 17.3. The summed E-state index contributed by atoms with van der Waals surface area (Å²) in [5.41, 5.74) is 1.33. The molecule has 1 aromatic heterocycles. The number of carbonyl (C=O) groups is 1. The first kappa shape index (κ1) is 11.0. The lowest BCUT2D eigenvalue weighted by Crippen LogP contribution is -2.26. The van der Waals surface area contributed by atoms with E-state index in [2.05, 4.69) is 4.98 Å². The molecule has 0 aliphatic carbocycles. The number of aliphatic hydroxyl groups excluding tert-OH is 2. The number of anilines is 1. The number of pyridine rings is 1. The molecule has 0 saturated carbocycles. The third-order valence-electron chi connectivity index (χ3n) is 2.81. The smallest absolute Gasteiger partial charge is 0.227 e. The minimum atomic E-state index is -0.120. The topological polar surface area (TPSA) is 73.7 Å². The van der Waals surface area contributed by atoms with Gasteiger partial charge in [-0.1, -0.05) is 0 Å². The minimum absolute atomic E-state index is 0.0109. The molecule has 1 unspecified atom stereocenters. The predicted octanol–water partition coefficient (Wildman–Crippen LogP) is -0.0809. The molecule has 0 radical (unpaired) electrons. The van der Waals surface area contributed by atoms with E-state index in [4.69, 9.17) is 5.11 Å². The lowest BCUT2D eigenvalue weighted by molar-refractivity contribution is -0.117. The number of carbonyl (C=O) groups excluding carboxylic acids is 1. The van der Waals surface area contributed by atoms with Crippen molar-refractivity contribution < 1.29 is 15.0 Å². The Kier molecular flexibility index (Phi) is 3.17. The molecule has 2 N–H and O–H groups in total. The van der Waals surface area contributed by atoms with E-state index in [-0.39, 0.29) is 25.0 Å². The van der Waals surface area contributed by atoms with Gasteiger partial charge >= 0.3 is 0 Å². The highest BCUT2D eigenvalue weighted by Crippen LogP contribution is 2.27. The van der Waals surface area contributed by atoms with Crippen LogP contribution in [0, 0.1) is 5.92 Å². The number of nitrogens with zero attached hydrogens (tertiary/aromatic N) is 2. The first-order chi connectivity index (χ1) is 7.76. The van der Waals surface area contributed by atoms with E-state index >= 15 is 0 Å². The standard InChI is InChI=1S/C11H14N2O3/c14-6-8-3-11(16)13(5-8)10-4-12-2-1-9(10)7-15/h1-2,4,8,14-15H,3,5-7H2. The average molecular weight is 222 g/mol. The van der Waals surface area contributed by atoms with Gasteiger partial charge in [0, 0.05) is 37.3 Å². The Morgan fingerprint density at radius 1 is 1.50 bits per heavy atom. The molecule has 5 heteroatoms. The van der Waals surface area contributed by atoms with Crippen LogP contribution in [-0.4, -0.2) is 34.3 Å². The van der Waals surface area contributed by atoms with Crippen molar-refractivity contribution in [3.8, 4) is 0 Å². The third kappa shape index (κ3) is 1.91. The molecule has 1 aliphatic rings. The second kappa shape index (κ2) is 4.59. The number of hydrogen-bond acceptors (Lipinski definition) is 4. The van der Waals surface area contributed by atoms with E-state index in [9.17, 15) is 9.90 Å². The SMILES string of the molecule is O=C1CC(CO)CN1c1cnccc1CO. The third-order valence-corrected chi connectivity index (χ3v) is 2.81. The molecule has 0 bridgehead atoms. The van der Waals surface area contributed by atoms with Crippen LogP contribution in [0.1, 0.15) is 12.0 Å². The molecule has 1 amide bonds. The van der Waals surface area contributed by atoms with E-state index in [1.807, 2.05) is 0 Å². The molecule has 0 spiro atoms. The first-order valence-corrected chi connectivity index (χ1v) is 5.21. The summed E-state index contributed by atoms with van der Waals surface area (Å²) < 4.78 is 0. The zero-order valence-electron chi connectivity index (χ0n) is 8.83. The molecule has 5 nitrogen and oxygen atoms in total. The van der Waals surface area contributed by atoms with Crippen LogP contribution in [0.4, 0.5) is 5.69 Å². The first-order valence-electron chi connectivity index (χ1n) is 5.21. The van der Waals surface area contributed by atoms with Crippen LogP contribution in [0.15, 0.2) is 18.5 Å². The number of aliphatic hydroxyl groups is 2. The summed E-state index contributed by atoms with van der Waals surface area (Å²) in [5, 5.41) is 18.2. The van der Waals surface area contributed by atoms with Crippen molar-refractivity contribution in [1.29, 1.82) is 0 Å². The minimum Gasteiger partial charge on any atom is -0.396 e. The number of amides is 1. The lowest BCUT2D eigenvalue weighted by Gasteiger charge is -2.18. The van der Waals surface area contributed by atoms with Crippen molar-refractivity contribution in [2.45, 2.75) is 13.0 Å². The fourth-order valence-corrected chi connectivity index (χ4v) is 1.93. The molecule has 2 rings (SSSR count). The Balaban J connectivity index is 2.27. The summed E-state index contributed by atoms with van der Waals surface area (Å²) in [6.45, 7) is 0.385. The Hall–Kier alpha value is -1.46. The lowest BCUT2D eigenvalue weighted by atomic mass is 10.1. The fraction of sp³-hybridized carbons (Fsp3) is 0.455. The molecule has 1 aromatic rings. The molecule has 1 fully saturated rings. The number of aromatic nitrogens is 1. The van der Waals surface area contributed by atoms with Crippen LogP contribution in [0.2, 0.25) is 0 Å². The van der Waals surface area contributed by atoms with Gasteiger partial charge in [-0.2, -0.15) is 0 Å². The van der Waals surface area contributed by atoms with Gasteiger partial charge in [0.25, 0.3) is 0 Å². The van der Waals surface area contributed by atoms with Crippen LogP contribution in [0.5, 0.6) is 0 Å². The molecular formula is C11H14N2O3. The van der Waals surface area contributed by atoms with E-state index < -0.39 is 0 Å². The van der Waals surface area contributed by atoms with Crippen molar-refractivity contribution in [2.75, 3.05) is 18.1 Å². The van der Waals surface area contributed by atoms with Gasteiger partial charge in [-0.15, -0.1) is 0 Å². The highest BCUT2D eigenvalue weighted by atomic mass is 16.3. The Morgan fingerprint density at radius 2 is 2.31 bits per heavy atom. The molecular weight excluding hydrogens is 208 g/mol. The Bertz CT molecular complexity index is 395. The second-order valence-corrected chi connectivity index (χ2v) is 3.92. The van der Waals surface area contributed by atoms with Crippen molar-refractivity contribution in [3.63, 3.8) is 0 Å². The van der Waals surface area contributed by atoms with Gasteiger partial charge in [0.2, 0.25) is 5.91 Å². The summed E-state index contributed by atoms with van der Waals surface area (Å²) in [6.07, 6.45) is 3.51. The maximum Gasteiger partial charge on any atom is 0.227 e. The van der Waals surface area contributed by atoms with E-state index in [1.165, 1.54) is 0 Å². The highest BCUT2D eigenvalue weighted by Gasteiger charge is 2.31. The Labute approximate surface area is 93.3 Å². The largest absolute Gasteiger partial charge is 0.396 e. The Morgan fingerprint density at radius 3 is 2.94 bits per heavy atom. The van der Waals surface area contributed by atoms with Gasteiger partial charge in [0.15, 0.2) is 0 Å². The van der Waals surface area contributed by atoms with Crippen LogP contribution in [0.3, 0.4) is 0 Å². The van der Waals surface area contributed by atoms with Crippen LogP contribution >= 0.6 is 0 Å². The normalized spacial score (nSPS) is 20.5. The maximum absolute atomic E-state index is 11.7. The molecule has 2 heterocycles. The summed E-state index contributed by atoms with van der Waals surface area (Å²) >= 11 is 0. The van der Waals surface area contributed by atoms with E-state index in [0.717, 1.165) is 0 Å². The van der Waals surface area contributed by atoms with Crippen molar-refractivity contribution in [2.24, 2.45) is 5.92 Å². The van der Waals surface area contributed by atoms with Crippen LogP contribution in [-0.2, 0) is 11.4 Å². The van der Waals surface area contributed by atoms with Crippen LogP contribution < -0.4 is 4.90 Å². The summed E-state index contributed by atoms with van der Waals surface area (Å²) in [5.74, 6) is -0.0407. The predicted molar refractivity (Wildman–Crippen MR) is 57.7 cm³/mol. The molecule has 86 valence electrons. The molecule has 1 aliphatic heterocycles. The van der Waals surface area contributed by atoms with Crippen molar-refractivity contribution >= 4 is 11.6 Å². The summed E-state index contributed by atoms with van der Waals surface area (Å²) in [6, 6.07) is 1.69. The molecule has 0 aromatic carbocycles. The number of hydrogen-bond donors (Lipinski definition) is 2. The molecule has 1 atom stereocenters. The van der Waals surface area contributed by atoms with E-state index in [1.54, 1.807) is 23.4 Å². The zero-order valence-corrected chi connectivity index (χ0v) is 8.83. The van der Waals surface area contributed by atoms with Gasteiger partial charge in [0.1, 0.15) is 0 Å². The zero-order chi connectivity index (χ0) is 11.5. The second-order valence-electron chi connectivity index (χ2n) is 3.92. The van der Waals surface area contributed by atoms with E-state index in [0.29, 0.717) is 24.2 Å². The van der Waals surface area contributed by atoms with Gasteiger partial charge in [-0.25, -0.2) is 0 Å². The maximum atomic E-state index is 11.7. The van der Waals surface area contributed by atoms with Gasteiger partial charge in [0.05, 0.1) is 18.5 Å². The van der Waals surface area contributed by atoms with Gasteiger partial charge in [-0.3, -0.25) is 9.78 Å². The summed E-state index contributed by atoms with van der Waals surface area (Å²) in [7, 11) is 0. The fourth-order valence-electron chi connectivity index (χ4n) is 1.93. The van der Waals surface area contributed by atoms with Crippen molar-refractivity contribution in [1.82, 2.24) is 4.98 Å². The average Bonchev–Trinajstić information content (AvgIpc) is 2.70. The van der Waals surface area contributed by atoms with Crippen LogP contribution in [0.25, 0.3) is 0 Å². The number of rotatable bonds is 3. The van der Waals surface area contributed by atoms with Gasteiger partial charge < -0.3 is 15.1 Å². The quantitative estimate of drug-likeness (QED) is 0.750. The van der Waals surface area contributed by atoms with Gasteiger partial charge in [-0.05, 0) is 6.07 Å². The van der Waals surface area contributed by atoms with Crippen molar-refractivity contribution in [3.05, 3.63) is 24.0 Å². The highest BCUT2D eigenvalue weighted by molar-refractivity contribution is 5.96. The monoisotopic (exact) mass is 222 g/mol. The molecule has 16 heavy (non-hydrogen) atoms. The molecule has 1 saturated heterocycles.